The van der Waals surface area contributed by atoms with Crippen LogP contribution in [0.25, 0.3) is 0 Å². The van der Waals surface area contributed by atoms with Crippen molar-refractivity contribution in [3.05, 3.63) is 0 Å². The minimum atomic E-state index is -0.487. The molecule has 1 rings (SSSR count). The first-order chi connectivity index (χ1) is 6.81. The number of nitrogens with one attached hydrogen (secondary N) is 1. The quantitative estimate of drug-likeness (QED) is 0.406. The first-order valence-electron chi connectivity index (χ1n) is 5.60. The van der Waals surface area contributed by atoms with Crippen LogP contribution in [0.1, 0.15) is 41.0 Å². The smallest absolute Gasteiger partial charge is 0.139 e. The normalized spacial score (nSPS) is 35.3. The lowest BCUT2D eigenvalue weighted by atomic mass is 9.81. The molecule has 1 heterocycles. The van der Waals surface area contributed by atoms with E-state index < -0.39 is 6.13 Å². The van der Waals surface area contributed by atoms with Gasteiger partial charge < -0.3 is 9.64 Å². The number of rotatable bonds is 1. The van der Waals surface area contributed by atoms with Crippen molar-refractivity contribution in [2.45, 2.75) is 58.8 Å². The average molecular weight is 208 g/mol. The second kappa shape index (κ2) is 4.16. The van der Waals surface area contributed by atoms with E-state index in [1.54, 1.807) is 0 Å². The van der Waals surface area contributed by atoms with E-state index in [2.05, 4.69) is 27.7 Å². The van der Waals surface area contributed by atoms with Gasteiger partial charge in [0.1, 0.15) is 7.85 Å². The molecule has 1 aliphatic heterocycles. The highest BCUT2D eigenvalue weighted by Crippen LogP contribution is 2.34. The van der Waals surface area contributed by atoms with E-state index in [9.17, 15) is 0 Å². The van der Waals surface area contributed by atoms with Crippen LogP contribution in [0.3, 0.4) is 0 Å². The molecule has 0 aromatic carbocycles. The molecule has 84 valence electrons. The van der Waals surface area contributed by atoms with Crippen LogP contribution in [0.2, 0.25) is 0 Å². The first kappa shape index (κ1) is 12.6. The van der Waals surface area contributed by atoms with Crippen LogP contribution < -0.4 is 0 Å². The summed E-state index contributed by atoms with van der Waals surface area (Å²) in [6.07, 6.45) is 0.202. The Morgan fingerprint density at radius 3 is 2.47 bits per heavy atom. The van der Waals surface area contributed by atoms with E-state index >= 15 is 0 Å². The molecule has 2 radical (unpaired) electrons. The largest absolute Gasteiger partial charge is 0.362 e. The molecule has 0 saturated carbocycles. The molecule has 0 bridgehead atoms. The number of amidine groups is 1. The van der Waals surface area contributed by atoms with Crippen molar-refractivity contribution in [3.63, 3.8) is 0 Å². The molecule has 3 nitrogen and oxygen atoms in total. The molecule has 4 heteroatoms. The van der Waals surface area contributed by atoms with Crippen LogP contribution in [0.5, 0.6) is 0 Å². The maximum atomic E-state index is 7.88. The van der Waals surface area contributed by atoms with Crippen molar-refractivity contribution in [2.75, 3.05) is 0 Å². The van der Waals surface area contributed by atoms with Crippen molar-refractivity contribution in [1.29, 1.82) is 5.41 Å². The Bertz CT molecular complexity index is 255. The Morgan fingerprint density at radius 2 is 2.00 bits per heavy atom. The minimum Gasteiger partial charge on any atom is -0.362 e. The molecule has 0 aromatic rings. The van der Waals surface area contributed by atoms with Gasteiger partial charge in [0, 0.05) is 18.4 Å². The molecule has 15 heavy (non-hydrogen) atoms. The average Bonchev–Trinajstić information content (AvgIpc) is 2.13. The predicted molar refractivity (Wildman–Crippen MR) is 63.2 cm³/mol. The monoisotopic (exact) mass is 208 g/mol. The third-order valence-electron chi connectivity index (χ3n) is 3.60. The summed E-state index contributed by atoms with van der Waals surface area (Å²) in [5.74, 6) is 0.904. The maximum absolute atomic E-state index is 7.88. The van der Waals surface area contributed by atoms with Crippen LogP contribution in [-0.4, -0.2) is 36.4 Å². The molecular weight excluding hydrogens is 187 g/mol. The Hall–Kier alpha value is -0.505. The van der Waals surface area contributed by atoms with Crippen LogP contribution in [0.15, 0.2) is 0 Å². The highest BCUT2D eigenvalue weighted by atomic mass is 16.5. The van der Waals surface area contributed by atoms with Gasteiger partial charge >= 0.3 is 0 Å². The molecule has 1 unspecified atom stereocenters. The topological polar surface area (TPSA) is 36.3 Å². The van der Waals surface area contributed by atoms with E-state index in [1.807, 2.05) is 11.8 Å². The summed E-state index contributed by atoms with van der Waals surface area (Å²) in [6, 6.07) is 0.246. The SMILES string of the molecule is [B][C@@H]1OC(C)(C)[C@@H](C)C(C)N1C(=N)CC. The number of nitrogens with zero attached hydrogens (tertiary/aromatic N) is 1. The highest BCUT2D eigenvalue weighted by Gasteiger charge is 2.42. The van der Waals surface area contributed by atoms with Gasteiger partial charge in [0.05, 0.1) is 17.6 Å². The van der Waals surface area contributed by atoms with Crippen LogP contribution in [0.4, 0.5) is 0 Å². The Balaban J connectivity index is 2.89. The van der Waals surface area contributed by atoms with Gasteiger partial charge in [-0.05, 0) is 20.8 Å². The summed E-state index contributed by atoms with van der Waals surface area (Å²) in [5, 5.41) is 7.88. The molecule has 0 aliphatic carbocycles. The molecule has 1 N–H and O–H groups in total. The van der Waals surface area contributed by atoms with Gasteiger partial charge in [0.2, 0.25) is 0 Å². The van der Waals surface area contributed by atoms with E-state index in [0.29, 0.717) is 18.2 Å². The third-order valence-corrected chi connectivity index (χ3v) is 3.60. The van der Waals surface area contributed by atoms with E-state index in [-0.39, 0.29) is 11.6 Å². The third kappa shape index (κ3) is 2.20. The van der Waals surface area contributed by atoms with E-state index in [1.165, 1.54) is 0 Å². The van der Waals surface area contributed by atoms with E-state index in [4.69, 9.17) is 18.0 Å². The van der Waals surface area contributed by atoms with Crippen molar-refractivity contribution in [3.8, 4) is 0 Å². The fraction of sp³-hybridized carbons (Fsp3) is 0.909. The fourth-order valence-electron chi connectivity index (χ4n) is 2.11. The van der Waals surface area contributed by atoms with Crippen LogP contribution >= 0.6 is 0 Å². The minimum absolute atomic E-state index is 0.219. The zero-order valence-corrected chi connectivity index (χ0v) is 10.4. The Kier molecular flexibility index (Phi) is 3.49. The van der Waals surface area contributed by atoms with Crippen LogP contribution in [-0.2, 0) is 4.74 Å². The van der Waals surface area contributed by atoms with Gasteiger partial charge in [-0.25, -0.2) is 0 Å². The molecular formula is C11H21BN2O. The molecule has 0 spiro atoms. The van der Waals surface area contributed by atoms with Crippen molar-refractivity contribution in [2.24, 2.45) is 5.92 Å². The van der Waals surface area contributed by atoms with Crippen LogP contribution in [0, 0.1) is 11.3 Å². The molecule has 3 atom stereocenters. The van der Waals surface area contributed by atoms with E-state index in [0.717, 1.165) is 0 Å². The van der Waals surface area contributed by atoms with Gasteiger partial charge in [-0.2, -0.15) is 0 Å². The molecule has 1 fully saturated rings. The Labute approximate surface area is 94.1 Å². The first-order valence-corrected chi connectivity index (χ1v) is 5.60. The van der Waals surface area contributed by atoms with Crippen molar-refractivity contribution < 1.29 is 4.74 Å². The zero-order valence-electron chi connectivity index (χ0n) is 10.4. The Morgan fingerprint density at radius 1 is 1.47 bits per heavy atom. The number of hydrogen-bond acceptors (Lipinski definition) is 2. The molecule has 1 aliphatic rings. The summed E-state index contributed by atoms with van der Waals surface area (Å²) in [7, 11) is 5.95. The molecule has 0 aromatic heterocycles. The zero-order chi connectivity index (χ0) is 11.8. The van der Waals surface area contributed by atoms with Gasteiger partial charge in [-0.15, -0.1) is 0 Å². The summed E-state index contributed by atoms with van der Waals surface area (Å²) >= 11 is 0. The summed E-state index contributed by atoms with van der Waals surface area (Å²) in [6.45, 7) is 10.3. The maximum Gasteiger partial charge on any atom is 0.139 e. The lowest BCUT2D eigenvalue weighted by Crippen LogP contribution is -2.61. The fourth-order valence-corrected chi connectivity index (χ4v) is 2.11. The predicted octanol–water partition coefficient (Wildman–Crippen LogP) is 1.96. The van der Waals surface area contributed by atoms with Gasteiger partial charge in [-0.3, -0.25) is 5.41 Å². The lowest BCUT2D eigenvalue weighted by Gasteiger charge is -2.52. The second-order valence-corrected chi connectivity index (χ2v) is 4.85. The van der Waals surface area contributed by atoms with Crippen molar-refractivity contribution in [1.82, 2.24) is 4.90 Å². The summed E-state index contributed by atoms with van der Waals surface area (Å²) < 4.78 is 5.75. The van der Waals surface area contributed by atoms with Crippen molar-refractivity contribution >= 4 is 13.7 Å². The summed E-state index contributed by atoms with van der Waals surface area (Å²) in [5.41, 5.74) is -0.219. The summed E-state index contributed by atoms with van der Waals surface area (Å²) in [4.78, 5) is 1.87. The lowest BCUT2D eigenvalue weighted by molar-refractivity contribution is -0.172. The molecule has 0 amide bonds. The van der Waals surface area contributed by atoms with Gasteiger partial charge in [0.25, 0.3) is 0 Å². The van der Waals surface area contributed by atoms with Gasteiger partial charge in [0.15, 0.2) is 0 Å². The number of ether oxygens (including phenoxy) is 1. The standard InChI is InChI=1S/C11H21BN2O/c1-6-9(13)14-8(3)7(2)11(4,5)15-10(14)12/h7-8,10,13H,6H2,1-5H3/t7-,8?,10-/m0/s1. The second-order valence-electron chi connectivity index (χ2n) is 4.85. The number of hydrogen-bond donors (Lipinski definition) is 1. The highest BCUT2D eigenvalue weighted by molar-refractivity contribution is 6.12. The van der Waals surface area contributed by atoms with Gasteiger partial charge in [-0.1, -0.05) is 13.8 Å². The molecule has 1 saturated heterocycles.